The van der Waals surface area contributed by atoms with Crippen LogP contribution < -0.4 is 10.1 Å². The maximum absolute atomic E-state index is 11.3. The Labute approximate surface area is 149 Å². The van der Waals surface area contributed by atoms with Crippen LogP contribution in [0.1, 0.15) is 31.2 Å². The maximum atomic E-state index is 11.3. The number of piperidine rings is 1. The zero-order chi connectivity index (χ0) is 17.0. The van der Waals surface area contributed by atoms with Gasteiger partial charge < -0.3 is 10.1 Å². The van der Waals surface area contributed by atoms with Crippen LogP contribution in [0.3, 0.4) is 0 Å². The Morgan fingerprint density at radius 3 is 2.96 bits per heavy atom. The van der Waals surface area contributed by atoms with E-state index in [2.05, 4.69) is 27.8 Å². The fourth-order valence-corrected chi connectivity index (χ4v) is 2.85. The Morgan fingerprint density at radius 1 is 1.33 bits per heavy atom. The predicted molar refractivity (Wildman–Crippen MR) is 99.5 cm³/mol. The minimum atomic E-state index is 0.0163. The van der Waals surface area contributed by atoms with E-state index in [0.717, 1.165) is 6.54 Å². The number of amides is 1. The highest BCUT2D eigenvalue weighted by molar-refractivity contribution is 7.80. The standard InChI is InChI=1S/C18H27N3O2S/c22-17(7-13-24)19-8-2-5-12-23-18-14-16(6-9-20-18)15-21-10-3-1-4-11-21/h2,5-6,9,14,24H,1,3-4,7-8,10-13,15H2,(H,19,22). The molecule has 1 N–H and O–H groups in total. The number of aromatic nitrogens is 1. The largest absolute Gasteiger partial charge is 0.473 e. The molecule has 0 spiro atoms. The molecular weight excluding hydrogens is 322 g/mol. The summed E-state index contributed by atoms with van der Waals surface area (Å²) in [7, 11) is 0. The lowest BCUT2D eigenvalue weighted by atomic mass is 10.1. The summed E-state index contributed by atoms with van der Waals surface area (Å²) in [5.74, 6) is 1.23. The van der Waals surface area contributed by atoms with Crippen molar-refractivity contribution in [2.24, 2.45) is 0 Å². The van der Waals surface area contributed by atoms with Gasteiger partial charge in [0, 0.05) is 31.8 Å². The van der Waals surface area contributed by atoms with Gasteiger partial charge >= 0.3 is 0 Å². The van der Waals surface area contributed by atoms with Crippen molar-refractivity contribution >= 4 is 18.5 Å². The first-order valence-electron chi connectivity index (χ1n) is 8.60. The van der Waals surface area contributed by atoms with Crippen LogP contribution in [-0.4, -0.2) is 47.8 Å². The Kier molecular flexibility index (Phi) is 8.70. The molecule has 0 atom stereocenters. The summed E-state index contributed by atoms with van der Waals surface area (Å²) in [6, 6.07) is 4.06. The van der Waals surface area contributed by atoms with E-state index in [9.17, 15) is 4.79 Å². The van der Waals surface area contributed by atoms with Gasteiger partial charge in [-0.2, -0.15) is 12.6 Å². The first-order valence-corrected chi connectivity index (χ1v) is 9.24. The summed E-state index contributed by atoms with van der Waals surface area (Å²) in [5.41, 5.74) is 1.24. The molecule has 5 nitrogen and oxygen atoms in total. The van der Waals surface area contributed by atoms with Crippen molar-refractivity contribution in [3.63, 3.8) is 0 Å². The van der Waals surface area contributed by atoms with E-state index >= 15 is 0 Å². The van der Waals surface area contributed by atoms with Gasteiger partial charge in [0.25, 0.3) is 0 Å². The second kappa shape index (κ2) is 11.1. The lowest BCUT2D eigenvalue weighted by Crippen LogP contribution is -2.29. The first kappa shape index (κ1) is 18.8. The number of rotatable bonds is 9. The smallest absolute Gasteiger partial charge is 0.221 e. The number of nitrogens with zero attached hydrogens (tertiary/aromatic N) is 2. The summed E-state index contributed by atoms with van der Waals surface area (Å²) < 4.78 is 5.65. The zero-order valence-electron chi connectivity index (χ0n) is 14.1. The minimum absolute atomic E-state index is 0.0163. The summed E-state index contributed by atoms with van der Waals surface area (Å²) in [6.45, 7) is 4.28. The molecule has 0 radical (unpaired) electrons. The third-order valence-corrected chi connectivity index (χ3v) is 4.13. The van der Waals surface area contributed by atoms with Crippen molar-refractivity contribution in [2.45, 2.75) is 32.2 Å². The summed E-state index contributed by atoms with van der Waals surface area (Å²) in [4.78, 5) is 18.0. The number of nitrogens with one attached hydrogen (secondary N) is 1. The van der Waals surface area contributed by atoms with Gasteiger partial charge in [-0.05, 0) is 49.4 Å². The second-order valence-corrected chi connectivity index (χ2v) is 6.35. The number of pyridine rings is 1. The molecule has 2 heterocycles. The maximum Gasteiger partial charge on any atom is 0.221 e. The monoisotopic (exact) mass is 349 g/mol. The van der Waals surface area contributed by atoms with Crippen molar-refractivity contribution in [2.75, 3.05) is 32.0 Å². The van der Waals surface area contributed by atoms with Gasteiger partial charge in [-0.25, -0.2) is 4.98 Å². The highest BCUT2D eigenvalue weighted by atomic mass is 32.1. The van der Waals surface area contributed by atoms with Crippen molar-refractivity contribution in [1.29, 1.82) is 0 Å². The van der Waals surface area contributed by atoms with E-state index in [0.29, 0.717) is 31.2 Å². The van der Waals surface area contributed by atoms with Crippen LogP contribution in [0.4, 0.5) is 0 Å². The van der Waals surface area contributed by atoms with Gasteiger partial charge in [-0.3, -0.25) is 9.69 Å². The molecule has 132 valence electrons. The Morgan fingerprint density at radius 2 is 2.17 bits per heavy atom. The number of likely N-dealkylation sites (tertiary alicyclic amines) is 1. The molecule has 1 saturated heterocycles. The van der Waals surface area contributed by atoms with Crippen molar-refractivity contribution in [1.82, 2.24) is 15.2 Å². The van der Waals surface area contributed by atoms with Crippen LogP contribution in [0.5, 0.6) is 5.88 Å². The molecule has 1 amide bonds. The van der Waals surface area contributed by atoms with Crippen LogP contribution in [0.25, 0.3) is 0 Å². The SMILES string of the molecule is O=C(CCS)NCC=CCOc1cc(CN2CCCCC2)ccn1. The minimum Gasteiger partial charge on any atom is -0.473 e. The van der Waals surface area contributed by atoms with Crippen molar-refractivity contribution < 1.29 is 9.53 Å². The number of hydrogen-bond donors (Lipinski definition) is 2. The molecule has 1 aromatic heterocycles. The normalized spacial score (nSPS) is 15.5. The molecular formula is C18H27N3O2S. The topological polar surface area (TPSA) is 54.5 Å². The third kappa shape index (κ3) is 7.36. The Balaban J connectivity index is 1.68. The van der Waals surface area contributed by atoms with Crippen molar-refractivity contribution in [3.8, 4) is 5.88 Å². The number of thiol groups is 1. The van der Waals surface area contributed by atoms with Crippen molar-refractivity contribution in [3.05, 3.63) is 36.0 Å². The van der Waals surface area contributed by atoms with Crippen LogP contribution in [0.2, 0.25) is 0 Å². The van der Waals surface area contributed by atoms with Gasteiger partial charge in [0.1, 0.15) is 6.61 Å². The number of hydrogen-bond acceptors (Lipinski definition) is 5. The van der Waals surface area contributed by atoms with Gasteiger partial charge in [0.05, 0.1) is 0 Å². The average Bonchev–Trinajstić information content (AvgIpc) is 2.59. The van der Waals surface area contributed by atoms with Crippen LogP contribution >= 0.6 is 12.6 Å². The van der Waals surface area contributed by atoms with E-state index in [4.69, 9.17) is 4.74 Å². The quantitative estimate of drug-likeness (QED) is 0.531. The fourth-order valence-electron chi connectivity index (χ4n) is 2.65. The molecule has 0 aromatic carbocycles. The Bertz CT molecular complexity index is 531. The fraction of sp³-hybridized carbons (Fsp3) is 0.556. The van der Waals surface area contributed by atoms with Crippen LogP contribution in [0, 0.1) is 0 Å². The molecule has 1 aromatic rings. The molecule has 24 heavy (non-hydrogen) atoms. The molecule has 0 saturated carbocycles. The molecule has 1 aliphatic heterocycles. The molecule has 1 fully saturated rings. The van der Waals surface area contributed by atoms with E-state index in [-0.39, 0.29) is 5.91 Å². The molecule has 0 unspecified atom stereocenters. The highest BCUT2D eigenvalue weighted by Gasteiger charge is 2.10. The molecule has 0 aliphatic carbocycles. The van der Waals surface area contributed by atoms with E-state index in [1.165, 1.54) is 37.9 Å². The number of ether oxygens (including phenoxy) is 1. The highest BCUT2D eigenvalue weighted by Crippen LogP contribution is 2.15. The summed E-state index contributed by atoms with van der Waals surface area (Å²) >= 11 is 4.02. The van der Waals surface area contributed by atoms with Gasteiger partial charge in [-0.15, -0.1) is 0 Å². The summed E-state index contributed by atoms with van der Waals surface area (Å²) in [6.07, 6.45) is 9.96. The van der Waals surface area contributed by atoms with Crippen LogP contribution in [0.15, 0.2) is 30.5 Å². The average molecular weight is 350 g/mol. The third-order valence-electron chi connectivity index (χ3n) is 3.90. The molecule has 6 heteroatoms. The predicted octanol–water partition coefficient (Wildman–Crippen LogP) is 2.44. The molecule has 2 rings (SSSR count). The zero-order valence-corrected chi connectivity index (χ0v) is 15.0. The van der Waals surface area contributed by atoms with Gasteiger partial charge in [0.2, 0.25) is 11.8 Å². The molecule has 0 bridgehead atoms. The number of carbonyl (C=O) groups is 1. The van der Waals surface area contributed by atoms with Crippen LogP contribution in [-0.2, 0) is 11.3 Å². The lowest BCUT2D eigenvalue weighted by Gasteiger charge is -2.26. The van der Waals surface area contributed by atoms with E-state index < -0.39 is 0 Å². The van der Waals surface area contributed by atoms with E-state index in [1.807, 2.05) is 24.3 Å². The summed E-state index contributed by atoms with van der Waals surface area (Å²) in [5, 5.41) is 2.79. The van der Waals surface area contributed by atoms with Gasteiger partial charge in [0.15, 0.2) is 0 Å². The number of carbonyl (C=O) groups excluding carboxylic acids is 1. The van der Waals surface area contributed by atoms with E-state index in [1.54, 1.807) is 6.20 Å². The van der Waals surface area contributed by atoms with Gasteiger partial charge in [-0.1, -0.05) is 12.5 Å². The second-order valence-electron chi connectivity index (χ2n) is 5.90. The molecule has 1 aliphatic rings. The lowest BCUT2D eigenvalue weighted by molar-refractivity contribution is -0.120. The first-order chi connectivity index (χ1) is 11.8. The Hall–Kier alpha value is -1.53.